The second-order valence-corrected chi connectivity index (χ2v) is 7.23. The predicted octanol–water partition coefficient (Wildman–Crippen LogP) is 2.60. The number of aryl methyl sites for hydroxylation is 1. The Balaban J connectivity index is 1.69. The van der Waals surface area contributed by atoms with Crippen LogP contribution >= 0.6 is 0 Å². The molecular formula is C21H26N4O3. The van der Waals surface area contributed by atoms with Gasteiger partial charge in [0.2, 0.25) is 0 Å². The van der Waals surface area contributed by atoms with Crippen LogP contribution in [0.4, 0.5) is 5.82 Å². The van der Waals surface area contributed by atoms with Gasteiger partial charge in [-0.05, 0) is 31.9 Å². The molecule has 1 aromatic heterocycles. The lowest BCUT2D eigenvalue weighted by Gasteiger charge is -2.32. The summed E-state index contributed by atoms with van der Waals surface area (Å²) in [5.74, 6) is 2.74. The van der Waals surface area contributed by atoms with E-state index in [-0.39, 0.29) is 5.91 Å². The van der Waals surface area contributed by atoms with Crippen molar-refractivity contribution >= 4 is 11.7 Å². The fourth-order valence-corrected chi connectivity index (χ4v) is 4.10. The van der Waals surface area contributed by atoms with Gasteiger partial charge in [-0.1, -0.05) is 6.07 Å². The summed E-state index contributed by atoms with van der Waals surface area (Å²) in [6.07, 6.45) is 3.08. The van der Waals surface area contributed by atoms with Gasteiger partial charge in [-0.2, -0.15) is 0 Å². The van der Waals surface area contributed by atoms with Crippen molar-refractivity contribution in [1.82, 2.24) is 14.9 Å². The molecule has 0 unspecified atom stereocenters. The third-order valence-corrected chi connectivity index (χ3v) is 5.48. The molecule has 7 nitrogen and oxygen atoms in total. The van der Waals surface area contributed by atoms with E-state index in [4.69, 9.17) is 14.5 Å². The zero-order chi connectivity index (χ0) is 19.7. The maximum Gasteiger partial charge on any atom is 0.261 e. The molecule has 0 spiro atoms. The first kappa shape index (κ1) is 18.5. The molecule has 0 saturated carbocycles. The number of amides is 1. The first-order valence-electron chi connectivity index (χ1n) is 9.74. The molecule has 1 amide bonds. The van der Waals surface area contributed by atoms with Crippen LogP contribution in [0.3, 0.4) is 0 Å². The molecule has 0 radical (unpaired) electrons. The highest BCUT2D eigenvalue weighted by molar-refractivity contribution is 6.00. The van der Waals surface area contributed by atoms with E-state index < -0.39 is 0 Å². The van der Waals surface area contributed by atoms with Gasteiger partial charge >= 0.3 is 0 Å². The lowest BCUT2D eigenvalue weighted by atomic mass is 10.0. The van der Waals surface area contributed by atoms with E-state index in [1.165, 1.54) is 12.8 Å². The highest BCUT2D eigenvalue weighted by Crippen LogP contribution is 2.33. The van der Waals surface area contributed by atoms with Crippen molar-refractivity contribution in [3.63, 3.8) is 0 Å². The van der Waals surface area contributed by atoms with Crippen LogP contribution in [0.2, 0.25) is 0 Å². The number of anilines is 1. The minimum absolute atomic E-state index is 0.0899. The van der Waals surface area contributed by atoms with E-state index >= 15 is 0 Å². The monoisotopic (exact) mass is 382 g/mol. The molecule has 2 aliphatic heterocycles. The molecule has 7 heteroatoms. The first-order valence-corrected chi connectivity index (χ1v) is 9.74. The van der Waals surface area contributed by atoms with Crippen molar-refractivity contribution in [2.24, 2.45) is 0 Å². The number of fused-ring (bicyclic) bond motifs is 1. The number of hydrogen-bond donors (Lipinski definition) is 0. The summed E-state index contributed by atoms with van der Waals surface area (Å²) >= 11 is 0. The molecular weight excluding hydrogens is 356 g/mol. The second kappa shape index (κ2) is 7.66. The van der Waals surface area contributed by atoms with Crippen LogP contribution in [-0.2, 0) is 13.0 Å². The van der Waals surface area contributed by atoms with Gasteiger partial charge in [0.1, 0.15) is 28.7 Å². The summed E-state index contributed by atoms with van der Waals surface area (Å²) in [5.41, 5.74) is 2.60. The third-order valence-electron chi connectivity index (χ3n) is 5.48. The normalized spacial score (nSPS) is 16.1. The zero-order valence-corrected chi connectivity index (χ0v) is 16.7. The molecule has 148 valence electrons. The predicted molar refractivity (Wildman–Crippen MR) is 106 cm³/mol. The molecule has 2 aliphatic rings. The van der Waals surface area contributed by atoms with Crippen molar-refractivity contribution in [2.75, 3.05) is 38.8 Å². The topological polar surface area (TPSA) is 67.8 Å². The molecule has 28 heavy (non-hydrogen) atoms. The third kappa shape index (κ3) is 3.25. The van der Waals surface area contributed by atoms with Gasteiger partial charge in [-0.25, -0.2) is 9.97 Å². The number of carbonyl (C=O) groups excluding carboxylic acids is 1. The fourth-order valence-electron chi connectivity index (χ4n) is 4.10. The number of nitrogens with zero attached hydrogens (tertiary/aromatic N) is 4. The Bertz CT molecular complexity index is 871. The van der Waals surface area contributed by atoms with E-state index in [0.29, 0.717) is 30.2 Å². The average molecular weight is 382 g/mol. The van der Waals surface area contributed by atoms with Gasteiger partial charge < -0.3 is 19.3 Å². The van der Waals surface area contributed by atoms with E-state index in [2.05, 4.69) is 9.88 Å². The van der Waals surface area contributed by atoms with Crippen molar-refractivity contribution in [1.29, 1.82) is 0 Å². The number of hydrogen-bond acceptors (Lipinski definition) is 6. The number of aromatic nitrogens is 2. The minimum Gasteiger partial charge on any atom is -0.496 e. The Morgan fingerprint density at radius 1 is 1.04 bits per heavy atom. The summed E-state index contributed by atoms with van der Waals surface area (Å²) in [6, 6.07) is 5.40. The summed E-state index contributed by atoms with van der Waals surface area (Å²) in [7, 11) is 3.14. The van der Waals surface area contributed by atoms with Gasteiger partial charge in [0.15, 0.2) is 0 Å². The molecule has 0 bridgehead atoms. The van der Waals surface area contributed by atoms with Gasteiger partial charge in [-0.15, -0.1) is 0 Å². The van der Waals surface area contributed by atoms with Gasteiger partial charge in [0.25, 0.3) is 5.91 Å². The quantitative estimate of drug-likeness (QED) is 0.810. The van der Waals surface area contributed by atoms with Crippen molar-refractivity contribution in [2.45, 2.75) is 32.7 Å². The molecule has 1 saturated heterocycles. The lowest BCUT2D eigenvalue weighted by molar-refractivity contribution is 0.0726. The summed E-state index contributed by atoms with van der Waals surface area (Å²) in [5, 5.41) is 0. The van der Waals surface area contributed by atoms with Gasteiger partial charge in [0, 0.05) is 31.6 Å². The van der Waals surface area contributed by atoms with Crippen molar-refractivity contribution in [3.8, 4) is 11.5 Å². The van der Waals surface area contributed by atoms with Crippen LogP contribution in [0.1, 0.15) is 40.3 Å². The van der Waals surface area contributed by atoms with Gasteiger partial charge in [0.05, 0.1) is 26.5 Å². The SMILES string of the molecule is COc1cccc(OC)c1C(=O)N1CCc2nc(C)nc(N3CCCC3)c2C1. The van der Waals surface area contributed by atoms with E-state index in [0.717, 1.165) is 42.4 Å². The van der Waals surface area contributed by atoms with Crippen LogP contribution in [0.15, 0.2) is 18.2 Å². The maximum absolute atomic E-state index is 13.4. The van der Waals surface area contributed by atoms with Crippen LogP contribution in [0.5, 0.6) is 11.5 Å². The van der Waals surface area contributed by atoms with Gasteiger partial charge in [-0.3, -0.25) is 4.79 Å². The molecule has 4 rings (SSSR count). The molecule has 0 atom stereocenters. The number of rotatable bonds is 4. The minimum atomic E-state index is -0.0899. The Hall–Kier alpha value is -2.83. The maximum atomic E-state index is 13.4. The van der Waals surface area contributed by atoms with E-state index in [1.807, 2.05) is 17.9 Å². The van der Waals surface area contributed by atoms with E-state index in [9.17, 15) is 4.79 Å². The summed E-state index contributed by atoms with van der Waals surface area (Å²) in [6.45, 7) is 5.08. The molecule has 1 aromatic carbocycles. The lowest BCUT2D eigenvalue weighted by Crippen LogP contribution is -2.38. The standard InChI is InChI=1S/C21H26N4O3/c1-14-22-16-9-12-25(13-15(16)20(23-14)24-10-4-5-11-24)21(26)19-17(27-2)7-6-8-18(19)28-3/h6-8H,4-5,9-13H2,1-3H3. The molecule has 0 N–H and O–H groups in total. The van der Waals surface area contributed by atoms with Crippen LogP contribution < -0.4 is 14.4 Å². The molecule has 0 aliphatic carbocycles. The zero-order valence-electron chi connectivity index (χ0n) is 16.7. The molecule has 1 fully saturated rings. The second-order valence-electron chi connectivity index (χ2n) is 7.23. The van der Waals surface area contributed by atoms with E-state index in [1.54, 1.807) is 26.4 Å². The highest BCUT2D eigenvalue weighted by Gasteiger charge is 2.31. The summed E-state index contributed by atoms with van der Waals surface area (Å²) < 4.78 is 10.9. The Labute approximate surface area is 165 Å². The number of ether oxygens (including phenoxy) is 2. The molecule has 3 heterocycles. The Morgan fingerprint density at radius 2 is 1.71 bits per heavy atom. The highest BCUT2D eigenvalue weighted by atomic mass is 16.5. The van der Waals surface area contributed by atoms with Crippen LogP contribution in [0, 0.1) is 6.92 Å². The Kier molecular flexibility index (Phi) is 5.07. The smallest absolute Gasteiger partial charge is 0.261 e. The van der Waals surface area contributed by atoms with Crippen LogP contribution in [0.25, 0.3) is 0 Å². The number of methoxy groups -OCH3 is 2. The largest absolute Gasteiger partial charge is 0.496 e. The number of benzene rings is 1. The van der Waals surface area contributed by atoms with Crippen molar-refractivity contribution < 1.29 is 14.3 Å². The fraction of sp³-hybridized carbons (Fsp3) is 0.476. The first-order chi connectivity index (χ1) is 13.6. The number of carbonyl (C=O) groups is 1. The van der Waals surface area contributed by atoms with Crippen molar-refractivity contribution in [3.05, 3.63) is 40.8 Å². The average Bonchev–Trinajstić information content (AvgIpc) is 3.26. The Morgan fingerprint density at radius 3 is 2.36 bits per heavy atom. The molecule has 2 aromatic rings. The van der Waals surface area contributed by atoms with Crippen LogP contribution in [-0.4, -0.2) is 54.6 Å². The summed E-state index contributed by atoms with van der Waals surface area (Å²) in [4.78, 5) is 26.9.